The highest BCUT2D eigenvalue weighted by Gasteiger charge is 1.99. The Balaban J connectivity index is 0.000000360. The summed E-state index contributed by atoms with van der Waals surface area (Å²) >= 11 is 3.30. The Morgan fingerprint density at radius 1 is 1.22 bits per heavy atom. The molecule has 0 saturated heterocycles. The van der Waals surface area contributed by atoms with Gasteiger partial charge in [-0.25, -0.2) is 4.79 Å². The van der Waals surface area contributed by atoms with Gasteiger partial charge in [-0.3, -0.25) is 0 Å². The number of rotatable bonds is 6. The Morgan fingerprint density at radius 3 is 2.22 bits per heavy atom. The highest BCUT2D eigenvalue weighted by Crippen LogP contribution is 2.04. The van der Waals surface area contributed by atoms with E-state index in [4.69, 9.17) is 10.2 Å². The Morgan fingerprint density at radius 2 is 1.83 bits per heavy atom. The third-order valence-corrected chi connectivity index (χ3v) is 2.75. The fraction of sp³-hybridized carbons (Fsp3) is 0.357. The van der Waals surface area contributed by atoms with Gasteiger partial charge in [-0.05, 0) is 30.5 Å². The van der Waals surface area contributed by atoms with E-state index in [1.165, 1.54) is 6.42 Å². The van der Waals surface area contributed by atoms with Crippen molar-refractivity contribution in [1.82, 2.24) is 0 Å². The fourth-order valence-corrected chi connectivity index (χ4v) is 1.54. The summed E-state index contributed by atoms with van der Waals surface area (Å²) in [6, 6.07) is 6.55. The van der Waals surface area contributed by atoms with Crippen LogP contribution >= 0.6 is 15.9 Å². The first kappa shape index (κ1) is 16.9. The average Bonchev–Trinajstić information content (AvgIpc) is 2.40. The van der Waals surface area contributed by atoms with Gasteiger partial charge in [0.05, 0.1) is 5.56 Å². The van der Waals surface area contributed by atoms with Crippen molar-refractivity contribution in [3.63, 3.8) is 0 Å². The third kappa shape index (κ3) is 8.03. The Bertz CT molecular complexity index is 343. The molecule has 1 rings (SSSR count). The average molecular weight is 315 g/mol. The topological polar surface area (TPSA) is 57.5 Å². The summed E-state index contributed by atoms with van der Waals surface area (Å²) < 4.78 is 0. The first-order chi connectivity index (χ1) is 8.65. The summed E-state index contributed by atoms with van der Waals surface area (Å²) in [5, 5.41) is 17.9. The molecule has 0 unspecified atom stereocenters. The van der Waals surface area contributed by atoms with E-state index in [0.29, 0.717) is 12.2 Å². The molecule has 0 heterocycles. The molecule has 0 bridgehead atoms. The molecule has 0 radical (unpaired) electrons. The Labute approximate surface area is 116 Å². The third-order valence-electron chi connectivity index (χ3n) is 2.19. The molecule has 0 aliphatic rings. The van der Waals surface area contributed by atoms with Crippen molar-refractivity contribution < 1.29 is 15.0 Å². The van der Waals surface area contributed by atoms with Crippen LogP contribution in [0.3, 0.4) is 0 Å². The number of unbranched alkanes of at least 4 members (excludes halogenated alkanes) is 2. The lowest BCUT2D eigenvalue weighted by atomic mass is 10.1. The molecule has 3 nitrogen and oxygen atoms in total. The highest BCUT2D eigenvalue weighted by molar-refractivity contribution is 9.09. The smallest absolute Gasteiger partial charge is 0.335 e. The molecule has 4 heteroatoms. The Kier molecular flexibility index (Phi) is 10.3. The number of hydrogen-bond acceptors (Lipinski definition) is 2. The van der Waals surface area contributed by atoms with Gasteiger partial charge in [-0.2, -0.15) is 0 Å². The number of halogens is 1. The van der Waals surface area contributed by atoms with Crippen molar-refractivity contribution in [3.05, 3.63) is 42.0 Å². The number of aliphatic hydroxyl groups is 1. The molecule has 100 valence electrons. The van der Waals surface area contributed by atoms with Crippen LogP contribution in [0.2, 0.25) is 0 Å². The van der Waals surface area contributed by atoms with Crippen molar-refractivity contribution in [2.75, 3.05) is 11.9 Å². The second kappa shape index (κ2) is 11.0. The van der Waals surface area contributed by atoms with Crippen LogP contribution < -0.4 is 0 Å². The fourth-order valence-electron chi connectivity index (χ4n) is 1.14. The van der Waals surface area contributed by atoms with Gasteiger partial charge < -0.3 is 10.2 Å². The summed E-state index contributed by atoms with van der Waals surface area (Å²) in [4.78, 5) is 10.4. The van der Waals surface area contributed by atoms with Crippen LogP contribution in [0.4, 0.5) is 0 Å². The number of aromatic carboxylic acids is 1. The molecule has 18 heavy (non-hydrogen) atoms. The largest absolute Gasteiger partial charge is 0.478 e. The molecule has 0 aliphatic carbocycles. The number of carboxylic acids is 1. The number of aliphatic hydroxyl groups excluding tert-OH is 1. The molecule has 0 amide bonds. The van der Waals surface area contributed by atoms with Crippen LogP contribution in [0, 0.1) is 0 Å². The zero-order valence-electron chi connectivity index (χ0n) is 10.3. The van der Waals surface area contributed by atoms with E-state index in [1.54, 1.807) is 30.3 Å². The van der Waals surface area contributed by atoms with Crippen LogP contribution in [0.15, 0.2) is 30.8 Å². The molecule has 0 spiro atoms. The lowest BCUT2D eigenvalue weighted by Crippen LogP contribution is -1.94. The minimum Gasteiger partial charge on any atom is -0.478 e. The summed E-state index contributed by atoms with van der Waals surface area (Å²) in [7, 11) is 0. The molecule has 1 aromatic rings. The van der Waals surface area contributed by atoms with Gasteiger partial charge in [-0.15, -0.1) is 0 Å². The van der Waals surface area contributed by atoms with Crippen molar-refractivity contribution in [3.8, 4) is 0 Å². The second-order valence-electron chi connectivity index (χ2n) is 3.60. The van der Waals surface area contributed by atoms with E-state index in [0.717, 1.165) is 23.7 Å². The van der Waals surface area contributed by atoms with E-state index in [9.17, 15) is 4.79 Å². The zero-order chi connectivity index (χ0) is 13.8. The minimum absolute atomic E-state index is 0.301. The highest BCUT2D eigenvalue weighted by atomic mass is 79.9. The number of benzene rings is 1. The predicted octanol–water partition coefficient (Wildman–Crippen LogP) is 3.57. The van der Waals surface area contributed by atoms with E-state index in [2.05, 4.69) is 22.5 Å². The van der Waals surface area contributed by atoms with Crippen LogP contribution in [0.5, 0.6) is 0 Å². The van der Waals surface area contributed by atoms with E-state index in [1.807, 2.05) is 0 Å². The molecular weight excluding hydrogens is 296 g/mol. The van der Waals surface area contributed by atoms with Gasteiger partial charge in [0.1, 0.15) is 0 Å². The predicted molar refractivity (Wildman–Crippen MR) is 78.2 cm³/mol. The van der Waals surface area contributed by atoms with Crippen LogP contribution in [-0.2, 0) is 0 Å². The second-order valence-corrected chi connectivity index (χ2v) is 4.40. The van der Waals surface area contributed by atoms with Crippen LogP contribution in [0.25, 0.3) is 6.08 Å². The SMILES string of the molecule is C=Cc1ccc(C(=O)O)cc1.OCCCCCBr. The van der Waals surface area contributed by atoms with Gasteiger partial charge in [-0.1, -0.05) is 47.1 Å². The van der Waals surface area contributed by atoms with Crippen molar-refractivity contribution in [2.24, 2.45) is 0 Å². The molecule has 0 atom stereocenters. The van der Waals surface area contributed by atoms with E-state index < -0.39 is 5.97 Å². The van der Waals surface area contributed by atoms with E-state index in [-0.39, 0.29) is 0 Å². The lowest BCUT2D eigenvalue weighted by Gasteiger charge is -1.93. The first-order valence-electron chi connectivity index (χ1n) is 5.78. The number of carboxylic acid groups (broad SMARTS) is 1. The van der Waals surface area contributed by atoms with Crippen molar-refractivity contribution >= 4 is 28.0 Å². The van der Waals surface area contributed by atoms with Crippen LogP contribution in [0.1, 0.15) is 35.2 Å². The summed E-state index contributed by atoms with van der Waals surface area (Å²) in [6.45, 7) is 3.90. The standard InChI is InChI=1S/C9H8O2.C5H11BrO/c1-2-7-3-5-8(6-4-7)9(10)11;6-4-2-1-3-5-7/h2-6H,1H2,(H,10,11);7H,1-5H2. The Hall–Kier alpha value is -1.13. The normalized spacial score (nSPS) is 9.22. The van der Waals surface area contributed by atoms with Gasteiger partial charge >= 0.3 is 5.97 Å². The van der Waals surface area contributed by atoms with Gasteiger partial charge in [0.2, 0.25) is 0 Å². The van der Waals surface area contributed by atoms with Crippen molar-refractivity contribution in [2.45, 2.75) is 19.3 Å². The number of alkyl halides is 1. The summed E-state index contributed by atoms with van der Waals surface area (Å²) in [5.41, 5.74) is 1.23. The molecule has 1 aromatic carbocycles. The molecular formula is C14H19BrO3. The van der Waals surface area contributed by atoms with Crippen LogP contribution in [-0.4, -0.2) is 28.1 Å². The van der Waals surface area contributed by atoms with Crippen molar-refractivity contribution in [1.29, 1.82) is 0 Å². The van der Waals surface area contributed by atoms with Gasteiger partial charge in [0, 0.05) is 11.9 Å². The summed E-state index contributed by atoms with van der Waals surface area (Å²) in [6.07, 6.45) is 4.94. The molecule has 0 aliphatic heterocycles. The maximum absolute atomic E-state index is 10.4. The maximum atomic E-state index is 10.4. The zero-order valence-corrected chi connectivity index (χ0v) is 11.9. The number of carbonyl (C=O) groups is 1. The molecule has 2 N–H and O–H groups in total. The molecule has 0 aromatic heterocycles. The van der Waals surface area contributed by atoms with Gasteiger partial charge in [0.15, 0.2) is 0 Å². The van der Waals surface area contributed by atoms with Gasteiger partial charge in [0.25, 0.3) is 0 Å². The molecule has 0 saturated carbocycles. The lowest BCUT2D eigenvalue weighted by molar-refractivity contribution is 0.0697. The summed E-state index contributed by atoms with van der Waals surface area (Å²) in [5.74, 6) is -0.902. The monoisotopic (exact) mass is 314 g/mol. The maximum Gasteiger partial charge on any atom is 0.335 e. The first-order valence-corrected chi connectivity index (χ1v) is 6.90. The number of hydrogen-bond donors (Lipinski definition) is 2. The molecule has 0 fully saturated rings. The minimum atomic E-state index is -0.902. The van der Waals surface area contributed by atoms with E-state index >= 15 is 0 Å². The quantitative estimate of drug-likeness (QED) is 0.623.